The van der Waals surface area contributed by atoms with Gasteiger partial charge in [-0.15, -0.1) is 0 Å². The van der Waals surface area contributed by atoms with Crippen LogP contribution in [0.1, 0.15) is 48.1 Å². The summed E-state index contributed by atoms with van der Waals surface area (Å²) in [5.41, 5.74) is 6.83. The minimum atomic E-state index is 0.408. The summed E-state index contributed by atoms with van der Waals surface area (Å²) in [5, 5.41) is 1.35. The Kier molecular flexibility index (Phi) is 2.10. The van der Waals surface area contributed by atoms with Crippen molar-refractivity contribution in [1.82, 2.24) is 9.97 Å². The number of H-pyrrole nitrogens is 1. The Morgan fingerprint density at radius 3 is 2.74 bits per heavy atom. The van der Waals surface area contributed by atoms with E-state index in [-0.39, 0.29) is 0 Å². The molecular weight excluding hydrogens is 232 g/mol. The van der Waals surface area contributed by atoms with E-state index in [9.17, 15) is 0 Å². The van der Waals surface area contributed by atoms with Gasteiger partial charge in [0, 0.05) is 40.8 Å². The molecule has 19 heavy (non-hydrogen) atoms. The summed E-state index contributed by atoms with van der Waals surface area (Å²) in [6, 6.07) is 10.7. The maximum Gasteiger partial charge on any atom is 0.0459 e. The van der Waals surface area contributed by atoms with Gasteiger partial charge in [0.25, 0.3) is 0 Å². The van der Waals surface area contributed by atoms with Crippen molar-refractivity contribution in [3.8, 4) is 0 Å². The molecule has 1 aromatic carbocycles. The first-order chi connectivity index (χ1) is 9.27. The van der Waals surface area contributed by atoms with Crippen LogP contribution in [0.15, 0.2) is 42.7 Å². The third-order valence-electron chi connectivity index (χ3n) is 4.46. The highest BCUT2D eigenvalue weighted by Gasteiger charge is 2.30. The second kappa shape index (κ2) is 3.70. The van der Waals surface area contributed by atoms with Crippen molar-refractivity contribution < 1.29 is 0 Å². The van der Waals surface area contributed by atoms with Crippen LogP contribution in [-0.4, -0.2) is 9.97 Å². The lowest BCUT2D eigenvalue weighted by Crippen LogP contribution is -2.14. The van der Waals surface area contributed by atoms with Crippen molar-refractivity contribution in [2.75, 3.05) is 0 Å². The van der Waals surface area contributed by atoms with Gasteiger partial charge < -0.3 is 4.98 Å². The Bertz CT molecular complexity index is 770. The number of nitrogens with zero attached hydrogens (tertiary/aromatic N) is 1. The summed E-state index contributed by atoms with van der Waals surface area (Å²) in [5.74, 6) is 0.822. The lowest BCUT2D eigenvalue weighted by Gasteiger charge is -2.27. The maximum absolute atomic E-state index is 4.31. The predicted octanol–water partition coefficient (Wildman–Crippen LogP) is 4.18. The van der Waals surface area contributed by atoms with E-state index in [0.29, 0.717) is 11.8 Å². The second-order valence-electron chi connectivity index (χ2n) is 5.45. The Morgan fingerprint density at radius 2 is 1.84 bits per heavy atom. The third kappa shape index (κ3) is 1.34. The lowest BCUT2D eigenvalue weighted by molar-refractivity contribution is 0.755. The quantitative estimate of drug-likeness (QED) is 0.635. The highest BCUT2D eigenvalue weighted by atomic mass is 14.7. The molecule has 0 saturated carbocycles. The molecule has 2 heteroatoms. The number of pyridine rings is 1. The van der Waals surface area contributed by atoms with Crippen LogP contribution in [0.2, 0.25) is 0 Å². The number of hydrogen-bond acceptors (Lipinski definition) is 1. The average molecular weight is 248 g/mol. The number of rotatable bonds is 0. The van der Waals surface area contributed by atoms with Gasteiger partial charge >= 0.3 is 0 Å². The predicted molar refractivity (Wildman–Crippen MR) is 77.6 cm³/mol. The number of aromatic nitrogens is 2. The molecule has 2 aromatic heterocycles. The summed E-state index contributed by atoms with van der Waals surface area (Å²) in [7, 11) is 0. The molecule has 0 radical (unpaired) electrons. The van der Waals surface area contributed by atoms with Crippen LogP contribution in [-0.2, 0) is 0 Å². The summed E-state index contributed by atoms with van der Waals surface area (Å²) < 4.78 is 0. The smallest absolute Gasteiger partial charge is 0.0459 e. The summed E-state index contributed by atoms with van der Waals surface area (Å²) in [6.45, 7) is 4.56. The highest BCUT2D eigenvalue weighted by Crippen LogP contribution is 2.45. The molecule has 2 heterocycles. The molecule has 0 saturated heterocycles. The molecule has 2 unspecified atom stereocenters. The number of fused-ring (bicyclic) bond motifs is 4. The van der Waals surface area contributed by atoms with E-state index >= 15 is 0 Å². The van der Waals surface area contributed by atoms with Crippen LogP contribution in [0, 0.1) is 0 Å². The van der Waals surface area contributed by atoms with Crippen LogP contribution < -0.4 is 0 Å². The average Bonchev–Trinajstić information content (AvgIpc) is 2.84. The van der Waals surface area contributed by atoms with Crippen LogP contribution in [0.5, 0.6) is 0 Å². The number of nitrogens with one attached hydrogen (secondary N) is 1. The molecule has 1 N–H and O–H groups in total. The minimum Gasteiger partial charge on any atom is -0.358 e. The molecule has 0 fully saturated rings. The fourth-order valence-corrected chi connectivity index (χ4v) is 3.48. The van der Waals surface area contributed by atoms with Crippen LogP contribution in [0.4, 0.5) is 0 Å². The summed E-state index contributed by atoms with van der Waals surface area (Å²) >= 11 is 0. The zero-order valence-corrected chi connectivity index (χ0v) is 11.1. The third-order valence-corrected chi connectivity index (χ3v) is 4.46. The standard InChI is InChI=1S/C17H16N2/c1-10-14-9-18-8-7-12(14)11(2)17-16(10)13-5-3-4-6-15(13)19-17/h3-11,19H,1-2H3. The Labute approximate surface area is 112 Å². The van der Waals surface area contributed by atoms with Gasteiger partial charge in [0.2, 0.25) is 0 Å². The van der Waals surface area contributed by atoms with E-state index in [1.54, 1.807) is 0 Å². The molecule has 0 bridgehead atoms. The molecule has 94 valence electrons. The van der Waals surface area contributed by atoms with E-state index in [1.807, 2.05) is 12.4 Å². The number of aromatic amines is 1. The number of hydrogen-bond donors (Lipinski definition) is 1. The largest absolute Gasteiger partial charge is 0.358 e. The van der Waals surface area contributed by atoms with Crippen molar-refractivity contribution in [2.24, 2.45) is 0 Å². The highest BCUT2D eigenvalue weighted by molar-refractivity contribution is 5.87. The number of benzene rings is 1. The van der Waals surface area contributed by atoms with Crippen molar-refractivity contribution in [3.63, 3.8) is 0 Å². The Morgan fingerprint density at radius 1 is 1.00 bits per heavy atom. The van der Waals surface area contributed by atoms with Gasteiger partial charge in [-0.05, 0) is 28.8 Å². The molecular formula is C17H16N2. The summed E-state index contributed by atoms with van der Waals surface area (Å²) in [4.78, 5) is 7.93. The van der Waals surface area contributed by atoms with E-state index < -0.39 is 0 Å². The first-order valence-electron chi connectivity index (χ1n) is 6.81. The molecule has 0 amide bonds. The normalized spacial score (nSPS) is 21.2. The molecule has 2 nitrogen and oxygen atoms in total. The van der Waals surface area contributed by atoms with E-state index in [1.165, 1.54) is 33.3 Å². The van der Waals surface area contributed by atoms with Gasteiger partial charge in [0.15, 0.2) is 0 Å². The lowest BCUT2D eigenvalue weighted by atomic mass is 9.77. The zero-order valence-electron chi connectivity index (χ0n) is 11.1. The van der Waals surface area contributed by atoms with Crippen LogP contribution in [0.3, 0.4) is 0 Å². The summed E-state index contributed by atoms with van der Waals surface area (Å²) in [6.07, 6.45) is 3.93. The minimum absolute atomic E-state index is 0.408. The fourth-order valence-electron chi connectivity index (χ4n) is 3.48. The monoisotopic (exact) mass is 248 g/mol. The van der Waals surface area contributed by atoms with E-state index in [2.05, 4.69) is 54.1 Å². The zero-order chi connectivity index (χ0) is 13.0. The number of para-hydroxylation sites is 1. The Balaban J connectivity index is 2.07. The van der Waals surface area contributed by atoms with Gasteiger partial charge in [-0.25, -0.2) is 0 Å². The molecule has 1 aliphatic carbocycles. The van der Waals surface area contributed by atoms with Crippen LogP contribution in [0.25, 0.3) is 10.9 Å². The van der Waals surface area contributed by atoms with Gasteiger partial charge in [-0.3, -0.25) is 4.98 Å². The second-order valence-corrected chi connectivity index (χ2v) is 5.45. The molecule has 0 spiro atoms. The molecule has 2 atom stereocenters. The van der Waals surface area contributed by atoms with E-state index in [4.69, 9.17) is 0 Å². The van der Waals surface area contributed by atoms with Crippen molar-refractivity contribution >= 4 is 10.9 Å². The maximum atomic E-state index is 4.31. The van der Waals surface area contributed by atoms with Gasteiger partial charge in [-0.2, -0.15) is 0 Å². The first-order valence-corrected chi connectivity index (χ1v) is 6.81. The Hall–Kier alpha value is -2.09. The fraction of sp³-hybridized carbons (Fsp3) is 0.235. The van der Waals surface area contributed by atoms with Crippen LogP contribution >= 0.6 is 0 Å². The topological polar surface area (TPSA) is 28.7 Å². The molecule has 4 rings (SSSR count). The molecule has 0 aliphatic heterocycles. The van der Waals surface area contributed by atoms with Gasteiger partial charge in [0.1, 0.15) is 0 Å². The van der Waals surface area contributed by atoms with Gasteiger partial charge in [-0.1, -0.05) is 32.0 Å². The van der Waals surface area contributed by atoms with Crippen molar-refractivity contribution in [2.45, 2.75) is 25.7 Å². The van der Waals surface area contributed by atoms with Gasteiger partial charge in [0.05, 0.1) is 0 Å². The van der Waals surface area contributed by atoms with Crippen molar-refractivity contribution in [1.29, 1.82) is 0 Å². The molecule has 3 aromatic rings. The first kappa shape index (κ1) is 10.8. The van der Waals surface area contributed by atoms with E-state index in [0.717, 1.165) is 0 Å². The molecule has 1 aliphatic rings. The van der Waals surface area contributed by atoms with Crippen molar-refractivity contribution in [3.05, 3.63) is 65.1 Å². The SMILES string of the molecule is CC1c2ccncc2C(C)c2c1[nH]c1ccccc21.